The van der Waals surface area contributed by atoms with Crippen LogP contribution in [-0.4, -0.2) is 7.28 Å². The maximum Gasteiger partial charge on any atom is 0.148 e. The zero-order chi connectivity index (χ0) is 13.0. The second kappa shape index (κ2) is 3.63. The minimum absolute atomic E-state index is 0.322. The Bertz CT molecular complexity index is 693. The standard InChI is InChI=1S/C18H16B/c1-3-12-4-6-14-15-7-5-13(19-2)11-17(15)18(8-9-18)16(14)10-12/h3-7,10-11H,1,8-9H2,2H3. The van der Waals surface area contributed by atoms with Crippen molar-refractivity contribution in [1.29, 1.82) is 0 Å². The lowest BCUT2D eigenvalue weighted by molar-refractivity contribution is 0.880. The average Bonchev–Trinajstić information content (AvgIpc) is 3.22. The van der Waals surface area contributed by atoms with Crippen molar-refractivity contribution in [2.24, 2.45) is 0 Å². The highest BCUT2D eigenvalue weighted by Gasteiger charge is 2.52. The molecule has 0 N–H and O–H groups in total. The predicted octanol–water partition coefficient (Wildman–Crippen LogP) is 3.77. The zero-order valence-electron chi connectivity index (χ0n) is 11.2. The van der Waals surface area contributed by atoms with Crippen molar-refractivity contribution in [1.82, 2.24) is 0 Å². The van der Waals surface area contributed by atoms with E-state index in [1.54, 1.807) is 5.56 Å². The van der Waals surface area contributed by atoms with E-state index in [0.717, 1.165) is 0 Å². The first-order valence-electron chi connectivity index (χ1n) is 7.00. The van der Waals surface area contributed by atoms with E-state index in [4.69, 9.17) is 0 Å². The fourth-order valence-electron chi connectivity index (χ4n) is 3.50. The van der Waals surface area contributed by atoms with Crippen molar-refractivity contribution < 1.29 is 0 Å². The molecule has 0 unspecified atom stereocenters. The summed E-state index contributed by atoms with van der Waals surface area (Å²) in [7, 11) is 2.19. The van der Waals surface area contributed by atoms with Crippen molar-refractivity contribution in [3.05, 3.63) is 59.7 Å². The Kier molecular flexibility index (Phi) is 2.12. The fourth-order valence-corrected chi connectivity index (χ4v) is 3.50. The molecule has 0 nitrogen and oxygen atoms in total. The molecule has 0 bridgehead atoms. The van der Waals surface area contributed by atoms with Crippen LogP contribution in [0.2, 0.25) is 6.82 Å². The minimum Gasteiger partial charge on any atom is -0.0985 e. The molecule has 0 atom stereocenters. The lowest BCUT2D eigenvalue weighted by atomic mass is 9.72. The van der Waals surface area contributed by atoms with E-state index < -0.39 is 0 Å². The van der Waals surface area contributed by atoms with Gasteiger partial charge in [-0.25, -0.2) is 0 Å². The van der Waals surface area contributed by atoms with E-state index in [-0.39, 0.29) is 0 Å². The third kappa shape index (κ3) is 1.36. The van der Waals surface area contributed by atoms with Gasteiger partial charge in [-0.15, -0.1) is 0 Å². The van der Waals surface area contributed by atoms with Gasteiger partial charge in [0.2, 0.25) is 0 Å². The van der Waals surface area contributed by atoms with E-state index in [0.29, 0.717) is 5.41 Å². The number of hydrogen-bond acceptors (Lipinski definition) is 0. The van der Waals surface area contributed by atoms with E-state index in [2.05, 4.69) is 57.1 Å². The number of hydrogen-bond donors (Lipinski definition) is 0. The van der Waals surface area contributed by atoms with Gasteiger partial charge < -0.3 is 0 Å². The maximum absolute atomic E-state index is 3.90. The van der Waals surface area contributed by atoms with Gasteiger partial charge in [-0.05, 0) is 40.7 Å². The van der Waals surface area contributed by atoms with E-state index >= 15 is 0 Å². The molecule has 0 saturated heterocycles. The van der Waals surface area contributed by atoms with Gasteiger partial charge in [-0.3, -0.25) is 0 Å². The third-order valence-electron chi connectivity index (χ3n) is 4.73. The van der Waals surface area contributed by atoms with Crippen LogP contribution >= 0.6 is 0 Å². The van der Waals surface area contributed by atoms with E-state index in [9.17, 15) is 0 Å². The van der Waals surface area contributed by atoms with Gasteiger partial charge in [0, 0.05) is 5.41 Å². The van der Waals surface area contributed by atoms with Gasteiger partial charge in [0.15, 0.2) is 0 Å². The summed E-state index contributed by atoms with van der Waals surface area (Å²) >= 11 is 0. The highest BCUT2D eigenvalue weighted by Crippen LogP contribution is 2.62. The topological polar surface area (TPSA) is 0 Å². The van der Waals surface area contributed by atoms with E-state index in [1.165, 1.54) is 40.6 Å². The minimum atomic E-state index is 0.322. The predicted molar refractivity (Wildman–Crippen MR) is 83.2 cm³/mol. The first kappa shape index (κ1) is 11.1. The quantitative estimate of drug-likeness (QED) is 0.704. The molecule has 2 aromatic rings. The van der Waals surface area contributed by atoms with Crippen LogP contribution in [-0.2, 0) is 5.41 Å². The molecule has 1 spiro atoms. The highest BCUT2D eigenvalue weighted by molar-refractivity contribution is 6.52. The molecule has 0 aromatic heterocycles. The van der Waals surface area contributed by atoms with Crippen molar-refractivity contribution in [2.75, 3.05) is 0 Å². The summed E-state index contributed by atoms with van der Waals surface area (Å²) in [6, 6.07) is 13.7. The van der Waals surface area contributed by atoms with Gasteiger partial charge in [0.1, 0.15) is 7.28 Å². The summed E-state index contributed by atoms with van der Waals surface area (Å²) < 4.78 is 0. The molecule has 1 heteroatoms. The number of fused-ring (bicyclic) bond motifs is 5. The molecule has 91 valence electrons. The van der Waals surface area contributed by atoms with Gasteiger partial charge >= 0.3 is 0 Å². The largest absolute Gasteiger partial charge is 0.148 e. The van der Waals surface area contributed by atoms with Crippen molar-refractivity contribution in [3.63, 3.8) is 0 Å². The second-order valence-electron chi connectivity index (χ2n) is 5.68. The number of rotatable bonds is 2. The van der Waals surface area contributed by atoms with Crippen LogP contribution in [0.3, 0.4) is 0 Å². The lowest BCUT2D eigenvalue weighted by Gasteiger charge is -2.12. The molecule has 2 aliphatic rings. The Balaban J connectivity index is 1.99. The molecule has 1 radical (unpaired) electrons. The smallest absolute Gasteiger partial charge is 0.0985 e. The summed E-state index contributed by atoms with van der Waals surface area (Å²) in [5, 5.41) is 0. The average molecular weight is 243 g/mol. The molecule has 1 saturated carbocycles. The summed E-state index contributed by atoms with van der Waals surface area (Å²) in [4.78, 5) is 0. The summed E-state index contributed by atoms with van der Waals surface area (Å²) in [6.07, 6.45) is 4.53. The number of benzene rings is 2. The van der Waals surface area contributed by atoms with Crippen LogP contribution in [0.25, 0.3) is 17.2 Å². The highest BCUT2D eigenvalue weighted by atomic mass is 14.5. The van der Waals surface area contributed by atoms with Crippen LogP contribution in [0, 0.1) is 0 Å². The lowest BCUT2D eigenvalue weighted by Crippen LogP contribution is -2.13. The first-order chi connectivity index (χ1) is 9.28. The van der Waals surface area contributed by atoms with Crippen LogP contribution in [0.15, 0.2) is 43.0 Å². The molecular weight excluding hydrogens is 227 g/mol. The molecule has 2 aliphatic carbocycles. The van der Waals surface area contributed by atoms with E-state index in [1.807, 2.05) is 6.08 Å². The van der Waals surface area contributed by atoms with Gasteiger partial charge in [0.25, 0.3) is 0 Å². The normalized spacial score (nSPS) is 16.9. The van der Waals surface area contributed by atoms with Crippen molar-refractivity contribution in [3.8, 4) is 11.1 Å². The third-order valence-corrected chi connectivity index (χ3v) is 4.73. The van der Waals surface area contributed by atoms with Crippen molar-refractivity contribution >= 4 is 18.8 Å². The zero-order valence-corrected chi connectivity index (χ0v) is 11.2. The van der Waals surface area contributed by atoms with Crippen LogP contribution in [0.1, 0.15) is 29.5 Å². The monoisotopic (exact) mass is 243 g/mol. The Morgan fingerprint density at radius 2 is 1.74 bits per heavy atom. The second-order valence-corrected chi connectivity index (χ2v) is 5.68. The molecule has 19 heavy (non-hydrogen) atoms. The Hall–Kier alpha value is -1.76. The van der Waals surface area contributed by atoms with Gasteiger partial charge in [-0.2, -0.15) is 0 Å². The molecule has 4 rings (SSSR count). The van der Waals surface area contributed by atoms with Crippen LogP contribution in [0.4, 0.5) is 0 Å². The molecule has 2 aromatic carbocycles. The van der Waals surface area contributed by atoms with Crippen molar-refractivity contribution in [2.45, 2.75) is 25.1 Å². The van der Waals surface area contributed by atoms with Gasteiger partial charge in [0.05, 0.1) is 0 Å². The molecule has 1 fully saturated rings. The maximum atomic E-state index is 3.90. The summed E-state index contributed by atoms with van der Waals surface area (Å²) in [6.45, 7) is 6.01. The van der Waals surface area contributed by atoms with Crippen LogP contribution < -0.4 is 5.46 Å². The Morgan fingerprint density at radius 1 is 1.05 bits per heavy atom. The Morgan fingerprint density at radius 3 is 2.37 bits per heavy atom. The SMILES string of the molecule is C=Cc1ccc2c(c1)C1(CC1)c1cc([B]C)ccc1-2. The first-order valence-corrected chi connectivity index (χ1v) is 7.00. The molecule has 0 heterocycles. The molecule has 0 amide bonds. The summed E-state index contributed by atoms with van der Waals surface area (Å²) in [5.74, 6) is 0. The van der Waals surface area contributed by atoms with Crippen LogP contribution in [0.5, 0.6) is 0 Å². The molecular formula is C18H16B. The van der Waals surface area contributed by atoms with Gasteiger partial charge in [-0.1, -0.05) is 61.3 Å². The summed E-state index contributed by atoms with van der Waals surface area (Å²) in [5.41, 5.74) is 8.83. The fraction of sp³-hybridized carbons (Fsp3) is 0.222. The Labute approximate surface area is 115 Å². The molecule has 0 aliphatic heterocycles.